The van der Waals surface area contributed by atoms with Crippen molar-refractivity contribution in [2.45, 2.75) is 51.7 Å². The second-order valence-electron chi connectivity index (χ2n) is 6.96. The topological polar surface area (TPSA) is 84.5 Å². The van der Waals surface area contributed by atoms with E-state index in [2.05, 4.69) is 21.7 Å². The van der Waals surface area contributed by atoms with Crippen LogP contribution in [0.5, 0.6) is 5.75 Å². The standard InChI is InChI=1S/C18H26F2N2O4S/c1-13-2-6-15(7-3-13)22-27(24,25)12-17(23)21-11-10-14-4-8-16(9-5-14)26-18(19)20/h4-5,8-9,13,15,18,22H,2-3,6-7,10-12H2,1H3,(H,21,23). The van der Waals surface area contributed by atoms with Crippen LogP contribution in [0, 0.1) is 5.92 Å². The third-order valence-corrected chi connectivity index (χ3v) is 5.90. The van der Waals surface area contributed by atoms with E-state index < -0.39 is 28.3 Å². The van der Waals surface area contributed by atoms with Crippen LogP contribution in [-0.4, -0.2) is 39.3 Å². The van der Waals surface area contributed by atoms with Crippen molar-refractivity contribution in [2.75, 3.05) is 12.3 Å². The van der Waals surface area contributed by atoms with E-state index in [1.807, 2.05) is 0 Å². The van der Waals surface area contributed by atoms with Gasteiger partial charge in [0.1, 0.15) is 11.5 Å². The fourth-order valence-electron chi connectivity index (χ4n) is 3.08. The molecule has 1 aromatic carbocycles. The van der Waals surface area contributed by atoms with Gasteiger partial charge in [0, 0.05) is 12.6 Å². The van der Waals surface area contributed by atoms with Gasteiger partial charge in [-0.05, 0) is 55.7 Å². The SMILES string of the molecule is CC1CCC(NS(=O)(=O)CC(=O)NCCc2ccc(OC(F)F)cc2)CC1. The Kier molecular flexibility index (Phi) is 7.97. The van der Waals surface area contributed by atoms with E-state index in [1.165, 1.54) is 12.1 Å². The number of amides is 1. The molecule has 0 saturated heterocycles. The average Bonchev–Trinajstić information content (AvgIpc) is 2.57. The quantitative estimate of drug-likeness (QED) is 0.662. The lowest BCUT2D eigenvalue weighted by Crippen LogP contribution is -2.42. The lowest BCUT2D eigenvalue weighted by atomic mass is 9.88. The summed E-state index contributed by atoms with van der Waals surface area (Å²) in [5.74, 6) is -0.485. The van der Waals surface area contributed by atoms with Crippen LogP contribution in [0.15, 0.2) is 24.3 Å². The van der Waals surface area contributed by atoms with Crippen LogP contribution < -0.4 is 14.8 Å². The Morgan fingerprint density at radius 2 is 1.81 bits per heavy atom. The summed E-state index contributed by atoms with van der Waals surface area (Å²) >= 11 is 0. The molecule has 0 radical (unpaired) electrons. The number of halogens is 2. The van der Waals surface area contributed by atoms with Crippen LogP contribution in [0.1, 0.15) is 38.2 Å². The van der Waals surface area contributed by atoms with Crippen LogP contribution in [0.3, 0.4) is 0 Å². The van der Waals surface area contributed by atoms with Gasteiger partial charge in [0.2, 0.25) is 15.9 Å². The summed E-state index contributed by atoms with van der Waals surface area (Å²) < 4.78 is 55.3. The minimum atomic E-state index is -3.66. The molecular formula is C18H26F2N2O4S. The molecule has 0 heterocycles. The third-order valence-electron chi connectivity index (χ3n) is 4.57. The maximum absolute atomic E-state index is 12.1. The van der Waals surface area contributed by atoms with E-state index in [4.69, 9.17) is 0 Å². The number of hydrogen-bond donors (Lipinski definition) is 2. The van der Waals surface area contributed by atoms with Crippen molar-refractivity contribution in [3.05, 3.63) is 29.8 Å². The zero-order valence-electron chi connectivity index (χ0n) is 15.3. The van der Waals surface area contributed by atoms with Crippen LogP contribution in [0.25, 0.3) is 0 Å². The van der Waals surface area contributed by atoms with E-state index in [9.17, 15) is 22.0 Å². The van der Waals surface area contributed by atoms with Gasteiger partial charge in [-0.15, -0.1) is 0 Å². The lowest BCUT2D eigenvalue weighted by molar-refractivity contribution is -0.118. The number of benzene rings is 1. The van der Waals surface area contributed by atoms with Gasteiger partial charge < -0.3 is 10.1 Å². The van der Waals surface area contributed by atoms with Gasteiger partial charge in [0.15, 0.2) is 0 Å². The van der Waals surface area contributed by atoms with Crippen LogP contribution in [-0.2, 0) is 21.2 Å². The summed E-state index contributed by atoms with van der Waals surface area (Å²) in [7, 11) is -3.66. The first-order valence-electron chi connectivity index (χ1n) is 9.04. The Hall–Kier alpha value is -1.74. The summed E-state index contributed by atoms with van der Waals surface area (Å²) in [5, 5.41) is 2.57. The summed E-state index contributed by atoms with van der Waals surface area (Å²) in [6.07, 6.45) is 4.02. The zero-order chi connectivity index (χ0) is 19.9. The predicted molar refractivity (Wildman–Crippen MR) is 98.1 cm³/mol. The first-order chi connectivity index (χ1) is 12.7. The number of sulfonamides is 1. The lowest BCUT2D eigenvalue weighted by Gasteiger charge is -2.26. The van der Waals surface area contributed by atoms with Crippen molar-refractivity contribution in [1.82, 2.24) is 10.0 Å². The van der Waals surface area contributed by atoms with Gasteiger partial charge in [0.25, 0.3) is 0 Å². The fourth-order valence-corrected chi connectivity index (χ4v) is 4.36. The Bertz CT molecular complexity index is 703. The van der Waals surface area contributed by atoms with E-state index in [1.54, 1.807) is 12.1 Å². The molecule has 1 aliphatic carbocycles. The summed E-state index contributed by atoms with van der Waals surface area (Å²) in [5.41, 5.74) is 0.814. The number of alkyl halides is 2. The van der Waals surface area contributed by atoms with Crippen molar-refractivity contribution in [3.63, 3.8) is 0 Å². The molecule has 2 N–H and O–H groups in total. The minimum Gasteiger partial charge on any atom is -0.435 e. The van der Waals surface area contributed by atoms with Crippen LogP contribution in [0.4, 0.5) is 8.78 Å². The molecular weight excluding hydrogens is 378 g/mol. The number of nitrogens with one attached hydrogen (secondary N) is 2. The summed E-state index contributed by atoms with van der Waals surface area (Å²) in [6, 6.07) is 5.98. The van der Waals surface area contributed by atoms with E-state index in [0.717, 1.165) is 31.2 Å². The molecule has 0 unspecified atom stereocenters. The number of ether oxygens (including phenoxy) is 1. The highest BCUT2D eigenvalue weighted by atomic mass is 32.2. The highest BCUT2D eigenvalue weighted by molar-refractivity contribution is 7.90. The summed E-state index contributed by atoms with van der Waals surface area (Å²) in [4.78, 5) is 11.9. The largest absolute Gasteiger partial charge is 0.435 e. The van der Waals surface area contributed by atoms with Gasteiger partial charge in [0.05, 0.1) is 0 Å². The Morgan fingerprint density at radius 1 is 1.19 bits per heavy atom. The van der Waals surface area contributed by atoms with Crippen molar-refractivity contribution < 1.29 is 26.7 Å². The minimum absolute atomic E-state index is 0.0621. The molecule has 0 spiro atoms. The van der Waals surface area contributed by atoms with Gasteiger partial charge in [-0.3, -0.25) is 4.79 Å². The molecule has 1 aliphatic rings. The molecule has 1 amide bonds. The maximum Gasteiger partial charge on any atom is 0.387 e. The zero-order valence-corrected chi connectivity index (χ0v) is 16.1. The molecule has 0 bridgehead atoms. The van der Waals surface area contributed by atoms with Gasteiger partial charge in [-0.2, -0.15) is 8.78 Å². The molecule has 1 fully saturated rings. The van der Waals surface area contributed by atoms with Crippen molar-refractivity contribution in [1.29, 1.82) is 0 Å². The third kappa shape index (κ3) is 8.21. The monoisotopic (exact) mass is 404 g/mol. The molecule has 0 aliphatic heterocycles. The predicted octanol–water partition coefficient (Wildman–Crippen LogP) is 2.44. The number of carbonyl (C=O) groups is 1. The molecule has 0 atom stereocenters. The van der Waals surface area contributed by atoms with Crippen LogP contribution >= 0.6 is 0 Å². The molecule has 27 heavy (non-hydrogen) atoms. The molecule has 9 heteroatoms. The maximum atomic E-state index is 12.1. The van der Waals surface area contributed by atoms with Gasteiger partial charge in [-0.1, -0.05) is 19.1 Å². The van der Waals surface area contributed by atoms with Gasteiger partial charge in [-0.25, -0.2) is 13.1 Å². The molecule has 1 saturated carbocycles. The Labute approximate surface area is 158 Å². The number of hydrogen-bond acceptors (Lipinski definition) is 4. The second-order valence-corrected chi connectivity index (χ2v) is 8.71. The molecule has 6 nitrogen and oxygen atoms in total. The van der Waals surface area contributed by atoms with E-state index in [0.29, 0.717) is 12.3 Å². The van der Waals surface area contributed by atoms with Crippen LogP contribution in [0.2, 0.25) is 0 Å². The highest BCUT2D eigenvalue weighted by Gasteiger charge is 2.24. The molecule has 0 aromatic heterocycles. The van der Waals surface area contributed by atoms with Gasteiger partial charge >= 0.3 is 6.61 Å². The second kappa shape index (κ2) is 9.98. The van der Waals surface area contributed by atoms with Crippen molar-refractivity contribution in [3.8, 4) is 5.75 Å². The summed E-state index contributed by atoms with van der Waals surface area (Å²) in [6.45, 7) is -0.468. The smallest absolute Gasteiger partial charge is 0.387 e. The highest BCUT2D eigenvalue weighted by Crippen LogP contribution is 2.23. The Balaban J connectivity index is 1.70. The normalized spacial score (nSPS) is 20.4. The van der Waals surface area contributed by atoms with E-state index >= 15 is 0 Å². The molecule has 2 rings (SSSR count). The Morgan fingerprint density at radius 3 is 2.41 bits per heavy atom. The average molecular weight is 404 g/mol. The molecule has 1 aromatic rings. The number of carbonyl (C=O) groups excluding carboxylic acids is 1. The fraction of sp³-hybridized carbons (Fsp3) is 0.611. The number of rotatable bonds is 9. The van der Waals surface area contributed by atoms with Crippen molar-refractivity contribution >= 4 is 15.9 Å². The first kappa shape index (κ1) is 21.6. The first-order valence-corrected chi connectivity index (χ1v) is 10.7. The van der Waals surface area contributed by atoms with E-state index in [-0.39, 0.29) is 18.3 Å². The van der Waals surface area contributed by atoms with Crippen molar-refractivity contribution in [2.24, 2.45) is 5.92 Å². The molecule has 152 valence electrons.